The van der Waals surface area contributed by atoms with Gasteiger partial charge in [-0.3, -0.25) is 4.79 Å². The van der Waals surface area contributed by atoms with Gasteiger partial charge >= 0.3 is 12.1 Å². The second-order valence-electron chi connectivity index (χ2n) is 4.42. The van der Waals surface area contributed by atoms with Crippen LogP contribution in [0.25, 0.3) is 0 Å². The number of carbonyl (C=O) groups is 2. The van der Waals surface area contributed by atoms with Crippen molar-refractivity contribution in [1.82, 2.24) is 4.90 Å². The van der Waals surface area contributed by atoms with Gasteiger partial charge in [0.1, 0.15) is 0 Å². The monoisotopic (exact) mass is 243 g/mol. The highest BCUT2D eigenvalue weighted by molar-refractivity contribution is 5.71. The van der Waals surface area contributed by atoms with Crippen molar-refractivity contribution in [2.24, 2.45) is 5.92 Å². The summed E-state index contributed by atoms with van der Waals surface area (Å²) >= 11 is 0. The maximum atomic E-state index is 11.7. The minimum atomic E-state index is -0.758. The third kappa shape index (κ3) is 4.63. The number of rotatable bonds is 4. The van der Waals surface area contributed by atoms with Gasteiger partial charge in [0.15, 0.2) is 0 Å². The van der Waals surface area contributed by atoms with Gasteiger partial charge in [-0.05, 0) is 25.7 Å². The fourth-order valence-electron chi connectivity index (χ4n) is 1.92. The number of likely N-dealkylation sites (tertiary alicyclic amines) is 1. The topological polar surface area (TPSA) is 66.8 Å². The molecule has 0 aliphatic carbocycles. The number of carboxylic acids is 1. The molecule has 0 bridgehead atoms. The van der Waals surface area contributed by atoms with Crippen molar-refractivity contribution in [1.29, 1.82) is 0 Å². The van der Waals surface area contributed by atoms with Crippen LogP contribution in [0.5, 0.6) is 0 Å². The Balaban J connectivity index is 2.34. The first-order valence-corrected chi connectivity index (χ1v) is 6.29. The second kappa shape index (κ2) is 7.14. The zero-order chi connectivity index (χ0) is 12.7. The molecule has 1 aliphatic rings. The summed E-state index contributed by atoms with van der Waals surface area (Å²) in [5, 5.41) is 8.93. The number of carboxylic acid groups (broad SMARTS) is 1. The summed E-state index contributed by atoms with van der Waals surface area (Å²) in [4.78, 5) is 24.1. The van der Waals surface area contributed by atoms with Gasteiger partial charge < -0.3 is 14.7 Å². The molecule has 0 aromatic rings. The molecule has 98 valence electrons. The summed E-state index contributed by atoms with van der Waals surface area (Å²) in [5.41, 5.74) is 0. The maximum absolute atomic E-state index is 11.7. The van der Waals surface area contributed by atoms with Crippen molar-refractivity contribution in [3.8, 4) is 0 Å². The van der Waals surface area contributed by atoms with E-state index in [1.54, 1.807) is 4.90 Å². The Hall–Kier alpha value is -1.26. The first-order valence-electron chi connectivity index (χ1n) is 6.29. The van der Waals surface area contributed by atoms with Crippen LogP contribution in [-0.4, -0.2) is 41.8 Å². The number of aliphatic carboxylic acids is 1. The van der Waals surface area contributed by atoms with E-state index < -0.39 is 5.97 Å². The normalized spacial score (nSPS) is 20.8. The molecule has 0 spiro atoms. The third-order valence-corrected chi connectivity index (χ3v) is 3.06. The zero-order valence-electron chi connectivity index (χ0n) is 10.4. The lowest BCUT2D eigenvalue weighted by Gasteiger charge is -2.19. The molecule has 1 N–H and O–H groups in total. The first-order chi connectivity index (χ1) is 8.15. The molecule has 1 unspecified atom stereocenters. The fourth-order valence-corrected chi connectivity index (χ4v) is 1.92. The summed E-state index contributed by atoms with van der Waals surface area (Å²) in [6, 6.07) is 0. The van der Waals surface area contributed by atoms with Crippen molar-refractivity contribution in [3.63, 3.8) is 0 Å². The molecule has 0 saturated carbocycles. The Morgan fingerprint density at radius 1 is 1.35 bits per heavy atom. The van der Waals surface area contributed by atoms with Gasteiger partial charge in [-0.15, -0.1) is 0 Å². The molecule has 1 amide bonds. The van der Waals surface area contributed by atoms with Crippen LogP contribution in [0.1, 0.15) is 39.0 Å². The van der Waals surface area contributed by atoms with Crippen LogP contribution < -0.4 is 0 Å². The number of hydrogen-bond donors (Lipinski definition) is 1. The van der Waals surface area contributed by atoms with Gasteiger partial charge in [-0.2, -0.15) is 0 Å². The van der Waals surface area contributed by atoms with E-state index in [1.807, 2.05) is 6.92 Å². The minimum Gasteiger partial charge on any atom is -0.481 e. The van der Waals surface area contributed by atoms with Gasteiger partial charge in [-0.1, -0.05) is 13.3 Å². The Labute approximate surface area is 102 Å². The van der Waals surface area contributed by atoms with Crippen LogP contribution in [0.3, 0.4) is 0 Å². The molecule has 1 saturated heterocycles. The maximum Gasteiger partial charge on any atom is 0.409 e. The molecule has 1 aliphatic heterocycles. The Kier molecular flexibility index (Phi) is 5.80. The largest absolute Gasteiger partial charge is 0.481 e. The molecule has 17 heavy (non-hydrogen) atoms. The molecule has 5 nitrogen and oxygen atoms in total. The fraction of sp³-hybridized carbons (Fsp3) is 0.833. The smallest absolute Gasteiger partial charge is 0.409 e. The van der Waals surface area contributed by atoms with Crippen LogP contribution in [0.15, 0.2) is 0 Å². The average molecular weight is 243 g/mol. The van der Waals surface area contributed by atoms with Crippen LogP contribution in [0.2, 0.25) is 0 Å². The number of nitrogens with zero attached hydrogens (tertiary/aromatic N) is 1. The number of amides is 1. The van der Waals surface area contributed by atoms with E-state index in [0.29, 0.717) is 32.5 Å². The van der Waals surface area contributed by atoms with Gasteiger partial charge in [0.05, 0.1) is 12.5 Å². The number of carbonyl (C=O) groups excluding carboxylic acids is 1. The van der Waals surface area contributed by atoms with Crippen LogP contribution in [0, 0.1) is 5.92 Å². The molecule has 1 heterocycles. The van der Waals surface area contributed by atoms with E-state index in [-0.39, 0.29) is 12.0 Å². The lowest BCUT2D eigenvalue weighted by atomic mass is 10.0. The molecule has 1 fully saturated rings. The Morgan fingerprint density at radius 3 is 2.76 bits per heavy atom. The van der Waals surface area contributed by atoms with Crippen molar-refractivity contribution in [3.05, 3.63) is 0 Å². The lowest BCUT2D eigenvalue weighted by Crippen LogP contribution is -2.33. The summed E-state index contributed by atoms with van der Waals surface area (Å²) < 4.78 is 5.11. The molecule has 0 aromatic heterocycles. The van der Waals surface area contributed by atoms with E-state index in [4.69, 9.17) is 9.84 Å². The minimum absolute atomic E-state index is 0.301. The highest BCUT2D eigenvalue weighted by atomic mass is 16.6. The lowest BCUT2D eigenvalue weighted by molar-refractivity contribution is -0.142. The van der Waals surface area contributed by atoms with Crippen LogP contribution >= 0.6 is 0 Å². The summed E-state index contributed by atoms with van der Waals surface area (Å²) in [6.45, 7) is 3.59. The summed E-state index contributed by atoms with van der Waals surface area (Å²) in [5.74, 6) is -1.07. The molecule has 0 aromatic carbocycles. The third-order valence-electron chi connectivity index (χ3n) is 3.06. The highest BCUT2D eigenvalue weighted by Crippen LogP contribution is 2.18. The molecule has 0 radical (unpaired) electrons. The van der Waals surface area contributed by atoms with Crippen LogP contribution in [-0.2, 0) is 9.53 Å². The summed E-state index contributed by atoms with van der Waals surface area (Å²) in [6.07, 6.45) is 3.47. The quantitative estimate of drug-likeness (QED) is 0.768. The average Bonchev–Trinajstić information content (AvgIpc) is 2.54. The van der Waals surface area contributed by atoms with E-state index in [2.05, 4.69) is 0 Å². The van der Waals surface area contributed by atoms with Gasteiger partial charge in [0.25, 0.3) is 0 Å². The van der Waals surface area contributed by atoms with Gasteiger partial charge in [0.2, 0.25) is 0 Å². The predicted octanol–water partition coefficient (Wildman–Crippen LogP) is 2.11. The van der Waals surface area contributed by atoms with E-state index in [0.717, 1.165) is 19.3 Å². The van der Waals surface area contributed by atoms with Crippen molar-refractivity contribution in [2.75, 3.05) is 19.7 Å². The van der Waals surface area contributed by atoms with E-state index in [9.17, 15) is 9.59 Å². The highest BCUT2D eigenvalue weighted by Gasteiger charge is 2.25. The number of ether oxygens (including phenoxy) is 1. The van der Waals surface area contributed by atoms with Gasteiger partial charge in [0, 0.05) is 13.1 Å². The Bertz CT molecular complexity index is 267. The standard InChI is InChI=1S/C12H21NO4/c1-2-3-9-17-12(16)13-7-4-5-10(6-8-13)11(14)15/h10H,2-9H2,1H3,(H,14,15). The van der Waals surface area contributed by atoms with Gasteiger partial charge in [-0.25, -0.2) is 4.79 Å². The Morgan fingerprint density at radius 2 is 2.12 bits per heavy atom. The second-order valence-corrected chi connectivity index (χ2v) is 4.42. The van der Waals surface area contributed by atoms with Crippen molar-refractivity contribution in [2.45, 2.75) is 39.0 Å². The van der Waals surface area contributed by atoms with E-state index in [1.165, 1.54) is 0 Å². The van der Waals surface area contributed by atoms with Crippen molar-refractivity contribution < 1.29 is 19.4 Å². The number of unbranched alkanes of at least 4 members (excludes halogenated alkanes) is 1. The molecular weight excluding hydrogens is 222 g/mol. The SMILES string of the molecule is CCCCOC(=O)N1CCCC(C(=O)O)CC1. The number of hydrogen-bond acceptors (Lipinski definition) is 3. The van der Waals surface area contributed by atoms with Crippen LogP contribution in [0.4, 0.5) is 4.79 Å². The summed E-state index contributed by atoms with van der Waals surface area (Å²) in [7, 11) is 0. The van der Waals surface area contributed by atoms with Crippen molar-refractivity contribution >= 4 is 12.1 Å². The molecular formula is C12H21NO4. The first kappa shape index (κ1) is 13.8. The zero-order valence-corrected chi connectivity index (χ0v) is 10.4. The molecule has 5 heteroatoms. The molecule has 1 rings (SSSR count). The predicted molar refractivity (Wildman–Crippen MR) is 62.8 cm³/mol. The molecule has 1 atom stereocenters. The van der Waals surface area contributed by atoms with E-state index >= 15 is 0 Å².